The Morgan fingerprint density at radius 3 is 3.00 bits per heavy atom. The highest BCUT2D eigenvalue weighted by Crippen LogP contribution is 2.32. The van der Waals surface area contributed by atoms with Crippen molar-refractivity contribution < 1.29 is 14.3 Å². The van der Waals surface area contributed by atoms with Gasteiger partial charge in [-0.1, -0.05) is 18.7 Å². The molecular formula is C17H15N3O3S2. The molecule has 0 atom stereocenters. The number of amidine groups is 1. The Labute approximate surface area is 153 Å². The van der Waals surface area contributed by atoms with Crippen molar-refractivity contribution in [2.45, 2.75) is 0 Å². The van der Waals surface area contributed by atoms with Crippen molar-refractivity contribution in [3.63, 3.8) is 0 Å². The quantitative estimate of drug-likeness (QED) is 0.619. The van der Waals surface area contributed by atoms with E-state index < -0.39 is 0 Å². The fourth-order valence-electron chi connectivity index (χ4n) is 2.03. The van der Waals surface area contributed by atoms with E-state index in [2.05, 4.69) is 21.9 Å². The normalized spacial score (nSPS) is 16.9. The number of rotatable bonds is 6. The number of amides is 1. The number of ether oxygens (including phenoxy) is 2. The van der Waals surface area contributed by atoms with E-state index in [4.69, 9.17) is 9.47 Å². The summed E-state index contributed by atoms with van der Waals surface area (Å²) in [5.74, 6) is 1.03. The van der Waals surface area contributed by atoms with Gasteiger partial charge in [0.1, 0.15) is 6.61 Å². The lowest BCUT2D eigenvalue weighted by Crippen LogP contribution is -2.19. The van der Waals surface area contributed by atoms with E-state index in [0.717, 1.165) is 5.56 Å². The molecule has 1 aromatic carbocycles. The molecule has 1 fully saturated rings. The second-order valence-electron chi connectivity index (χ2n) is 4.81. The molecule has 0 spiro atoms. The maximum atomic E-state index is 12.1. The lowest BCUT2D eigenvalue weighted by Gasteiger charge is -2.09. The Hall–Kier alpha value is -2.58. The van der Waals surface area contributed by atoms with Gasteiger partial charge < -0.3 is 14.8 Å². The SMILES string of the molecule is C=CCOc1ccc(/C=C2\S/C(=N/c3nccs3)NC2=O)cc1OC. The van der Waals surface area contributed by atoms with Crippen LogP contribution in [0.5, 0.6) is 11.5 Å². The molecule has 0 saturated carbocycles. The number of aliphatic imine (C=N–C) groups is 1. The fourth-order valence-corrected chi connectivity index (χ4v) is 3.42. The molecule has 128 valence electrons. The van der Waals surface area contributed by atoms with Crippen LogP contribution in [-0.4, -0.2) is 29.8 Å². The van der Waals surface area contributed by atoms with Crippen molar-refractivity contribution in [2.75, 3.05) is 13.7 Å². The third-order valence-corrected chi connectivity index (χ3v) is 4.68. The molecule has 2 aromatic rings. The average Bonchev–Trinajstić information content (AvgIpc) is 3.24. The number of hydrogen-bond acceptors (Lipinski definition) is 7. The Kier molecular flexibility index (Phi) is 5.52. The predicted octanol–water partition coefficient (Wildman–Crippen LogP) is 3.61. The Bertz CT molecular complexity index is 845. The third-order valence-electron chi connectivity index (χ3n) is 3.11. The monoisotopic (exact) mass is 373 g/mol. The second-order valence-corrected chi connectivity index (χ2v) is 6.71. The van der Waals surface area contributed by atoms with E-state index in [1.165, 1.54) is 23.1 Å². The molecule has 0 bridgehead atoms. The van der Waals surface area contributed by atoms with Gasteiger partial charge in [-0.05, 0) is 35.5 Å². The predicted molar refractivity (Wildman–Crippen MR) is 102 cm³/mol. The molecule has 25 heavy (non-hydrogen) atoms. The molecule has 1 aliphatic rings. The first-order valence-electron chi connectivity index (χ1n) is 7.30. The number of aromatic nitrogens is 1. The summed E-state index contributed by atoms with van der Waals surface area (Å²) in [7, 11) is 1.57. The van der Waals surface area contributed by atoms with Gasteiger partial charge in [-0.2, -0.15) is 4.99 Å². The van der Waals surface area contributed by atoms with Crippen molar-refractivity contribution in [1.82, 2.24) is 10.3 Å². The zero-order chi connectivity index (χ0) is 17.6. The van der Waals surface area contributed by atoms with Crippen molar-refractivity contribution in [3.8, 4) is 11.5 Å². The van der Waals surface area contributed by atoms with E-state index in [9.17, 15) is 4.79 Å². The van der Waals surface area contributed by atoms with Gasteiger partial charge >= 0.3 is 0 Å². The summed E-state index contributed by atoms with van der Waals surface area (Å²) in [4.78, 5) is 21.1. The number of nitrogens with zero attached hydrogens (tertiary/aromatic N) is 2. The molecule has 0 aliphatic carbocycles. The molecule has 2 heterocycles. The smallest absolute Gasteiger partial charge is 0.264 e. The Morgan fingerprint density at radius 2 is 2.28 bits per heavy atom. The van der Waals surface area contributed by atoms with Gasteiger partial charge in [0, 0.05) is 11.6 Å². The van der Waals surface area contributed by atoms with E-state index in [1.807, 2.05) is 17.5 Å². The van der Waals surface area contributed by atoms with E-state index in [0.29, 0.717) is 33.3 Å². The number of methoxy groups -OCH3 is 1. The van der Waals surface area contributed by atoms with E-state index in [1.54, 1.807) is 31.5 Å². The van der Waals surface area contributed by atoms with E-state index >= 15 is 0 Å². The van der Waals surface area contributed by atoms with Crippen LogP contribution in [-0.2, 0) is 4.79 Å². The van der Waals surface area contributed by atoms with Crippen LogP contribution in [0, 0.1) is 0 Å². The lowest BCUT2D eigenvalue weighted by atomic mass is 10.2. The molecule has 6 nitrogen and oxygen atoms in total. The number of thiazole rings is 1. The topological polar surface area (TPSA) is 72.8 Å². The summed E-state index contributed by atoms with van der Waals surface area (Å²) in [5.41, 5.74) is 0.830. The number of hydrogen-bond donors (Lipinski definition) is 1. The maximum absolute atomic E-state index is 12.1. The number of thioether (sulfide) groups is 1. The zero-order valence-corrected chi connectivity index (χ0v) is 15.0. The van der Waals surface area contributed by atoms with Crippen LogP contribution in [0.25, 0.3) is 6.08 Å². The average molecular weight is 373 g/mol. The first-order valence-corrected chi connectivity index (χ1v) is 9.00. The molecule has 1 amide bonds. The molecule has 1 aromatic heterocycles. The van der Waals surface area contributed by atoms with Crippen LogP contribution in [0.2, 0.25) is 0 Å². The third kappa shape index (κ3) is 4.28. The summed E-state index contributed by atoms with van der Waals surface area (Å²) in [5, 5.41) is 5.69. The highest BCUT2D eigenvalue weighted by atomic mass is 32.2. The lowest BCUT2D eigenvalue weighted by molar-refractivity contribution is -0.115. The molecule has 1 N–H and O–H groups in total. The molecule has 0 radical (unpaired) electrons. The molecule has 0 unspecified atom stereocenters. The van der Waals surface area contributed by atoms with Crippen LogP contribution in [0.4, 0.5) is 5.13 Å². The first-order chi connectivity index (χ1) is 12.2. The number of nitrogens with one attached hydrogen (secondary N) is 1. The summed E-state index contributed by atoms with van der Waals surface area (Å²) in [6.07, 6.45) is 5.12. The zero-order valence-electron chi connectivity index (χ0n) is 13.4. The molecular weight excluding hydrogens is 358 g/mol. The van der Waals surface area contributed by atoms with Crippen LogP contribution < -0.4 is 14.8 Å². The summed E-state index contributed by atoms with van der Waals surface area (Å²) < 4.78 is 10.9. The van der Waals surface area contributed by atoms with Gasteiger partial charge in [0.25, 0.3) is 5.91 Å². The second kappa shape index (κ2) is 8.00. The molecule has 1 saturated heterocycles. The summed E-state index contributed by atoms with van der Waals surface area (Å²) in [6.45, 7) is 4.02. The van der Waals surface area contributed by atoms with Crippen molar-refractivity contribution in [3.05, 3.63) is 52.9 Å². The maximum Gasteiger partial charge on any atom is 0.264 e. The van der Waals surface area contributed by atoms with Crippen LogP contribution in [0.3, 0.4) is 0 Å². The molecule has 1 aliphatic heterocycles. The number of carbonyl (C=O) groups excluding carboxylic acids is 1. The van der Waals surface area contributed by atoms with Gasteiger partial charge in [-0.25, -0.2) is 4.98 Å². The largest absolute Gasteiger partial charge is 0.493 e. The van der Waals surface area contributed by atoms with Crippen molar-refractivity contribution in [1.29, 1.82) is 0 Å². The van der Waals surface area contributed by atoms with Gasteiger partial charge in [0.05, 0.1) is 12.0 Å². The summed E-state index contributed by atoms with van der Waals surface area (Å²) in [6, 6.07) is 5.48. The Morgan fingerprint density at radius 1 is 1.40 bits per heavy atom. The molecule has 8 heteroatoms. The minimum atomic E-state index is -0.189. The van der Waals surface area contributed by atoms with E-state index in [-0.39, 0.29) is 5.91 Å². The Balaban J connectivity index is 1.80. The van der Waals surface area contributed by atoms with Crippen LogP contribution in [0.1, 0.15) is 5.56 Å². The van der Waals surface area contributed by atoms with Crippen LogP contribution in [0.15, 0.2) is 52.3 Å². The highest BCUT2D eigenvalue weighted by Gasteiger charge is 2.24. The van der Waals surface area contributed by atoms with Gasteiger partial charge in [0.2, 0.25) is 5.13 Å². The fraction of sp³-hybridized carbons (Fsp3) is 0.118. The highest BCUT2D eigenvalue weighted by molar-refractivity contribution is 8.18. The standard InChI is InChI=1S/C17H15N3O3S2/c1-3-7-23-12-5-4-11(9-13(12)22-2)10-14-15(21)19-17(25-14)20-16-18-6-8-24-16/h3-6,8-10H,1,7H2,2H3,(H,18,19,20,21)/b14-10-. The van der Waals surface area contributed by atoms with Gasteiger partial charge in [0.15, 0.2) is 16.7 Å². The van der Waals surface area contributed by atoms with Crippen molar-refractivity contribution in [2.24, 2.45) is 4.99 Å². The minimum Gasteiger partial charge on any atom is -0.493 e. The first kappa shape index (κ1) is 17.2. The van der Waals surface area contributed by atoms with Gasteiger partial charge in [-0.3, -0.25) is 4.79 Å². The number of benzene rings is 1. The van der Waals surface area contributed by atoms with Crippen molar-refractivity contribution >= 4 is 45.4 Å². The summed E-state index contributed by atoms with van der Waals surface area (Å²) >= 11 is 2.68. The van der Waals surface area contributed by atoms with Crippen LogP contribution >= 0.6 is 23.1 Å². The molecule has 3 rings (SSSR count). The van der Waals surface area contributed by atoms with Gasteiger partial charge in [-0.15, -0.1) is 11.3 Å². The minimum absolute atomic E-state index is 0.189. The number of carbonyl (C=O) groups is 1.